The average molecular weight is 1140 g/mol. The number of hydrogen-bond donors (Lipinski definition) is 3. The van der Waals surface area contributed by atoms with Crippen LogP contribution in [0, 0.1) is 0 Å². The van der Waals surface area contributed by atoms with Crippen molar-refractivity contribution in [3.05, 3.63) is 48.6 Å². The predicted molar refractivity (Wildman–Crippen MR) is 331 cm³/mol. The Morgan fingerprint density at radius 3 is 1.19 bits per heavy atom. The standard InChI is InChI=1S/C69H122O12/c1-4-7-10-13-16-19-22-25-28-30-31-33-35-37-40-43-46-49-52-55-61(70)77-58-60(79-62(71)56-53-50-47-44-41-39-36-32-29-26-23-20-17-14-11-8-5-2)59-78-69-67(65(74)64(73)66(81-69)68(75)76)80-63(72)57-54-51-48-45-42-38-34-27-24-21-18-15-12-9-6-3/h7,10,16,19,25,28,31,33,60,64-67,69,73-74H,4-6,8-9,11-15,17-18,20-24,26-27,29-30,32,34-59H2,1-3H3,(H,75,76)/b10-7-,19-16-,28-25-,33-31-. The van der Waals surface area contributed by atoms with Gasteiger partial charge in [-0.15, -0.1) is 0 Å². The van der Waals surface area contributed by atoms with Crippen molar-refractivity contribution in [3.63, 3.8) is 0 Å². The van der Waals surface area contributed by atoms with Gasteiger partial charge in [-0.05, 0) is 57.8 Å². The first-order valence-electron chi connectivity index (χ1n) is 33.6. The highest BCUT2D eigenvalue weighted by Crippen LogP contribution is 2.27. The van der Waals surface area contributed by atoms with E-state index in [0.29, 0.717) is 19.3 Å². The van der Waals surface area contributed by atoms with Crippen LogP contribution in [-0.2, 0) is 42.9 Å². The Morgan fingerprint density at radius 1 is 0.420 bits per heavy atom. The molecule has 1 saturated heterocycles. The molecule has 6 unspecified atom stereocenters. The van der Waals surface area contributed by atoms with E-state index in [9.17, 15) is 34.5 Å². The number of hydrogen-bond acceptors (Lipinski definition) is 11. The zero-order chi connectivity index (χ0) is 58.9. The molecule has 0 saturated carbocycles. The van der Waals surface area contributed by atoms with Gasteiger partial charge in [0.1, 0.15) is 18.8 Å². The lowest BCUT2D eigenvalue weighted by atomic mass is 9.98. The molecule has 0 bridgehead atoms. The predicted octanol–water partition coefficient (Wildman–Crippen LogP) is 18.1. The highest BCUT2D eigenvalue weighted by atomic mass is 16.7. The van der Waals surface area contributed by atoms with E-state index in [2.05, 4.69) is 69.4 Å². The molecular formula is C69H122O12. The number of ether oxygens (including phenoxy) is 5. The van der Waals surface area contributed by atoms with Crippen LogP contribution in [-0.4, -0.2) is 89.2 Å². The minimum absolute atomic E-state index is 0.0644. The van der Waals surface area contributed by atoms with Crippen LogP contribution in [0.1, 0.15) is 316 Å². The van der Waals surface area contributed by atoms with Gasteiger partial charge in [0.25, 0.3) is 0 Å². The molecule has 0 aromatic heterocycles. The molecule has 0 aromatic carbocycles. The lowest BCUT2D eigenvalue weighted by molar-refractivity contribution is -0.301. The third kappa shape index (κ3) is 46.7. The molecule has 0 spiro atoms. The topological polar surface area (TPSA) is 175 Å². The third-order valence-electron chi connectivity index (χ3n) is 15.4. The second kappa shape index (κ2) is 57.1. The molecule has 470 valence electrons. The highest BCUT2D eigenvalue weighted by molar-refractivity contribution is 5.74. The van der Waals surface area contributed by atoms with Gasteiger partial charge >= 0.3 is 23.9 Å². The molecule has 1 aliphatic rings. The van der Waals surface area contributed by atoms with E-state index in [1.165, 1.54) is 148 Å². The van der Waals surface area contributed by atoms with Crippen LogP contribution in [0.15, 0.2) is 48.6 Å². The molecule has 0 amide bonds. The van der Waals surface area contributed by atoms with Gasteiger partial charge in [0.2, 0.25) is 0 Å². The molecule has 1 fully saturated rings. The number of aliphatic carboxylic acids is 1. The van der Waals surface area contributed by atoms with Crippen LogP contribution in [0.3, 0.4) is 0 Å². The van der Waals surface area contributed by atoms with E-state index < -0.39 is 67.3 Å². The number of aliphatic hydroxyl groups is 2. The van der Waals surface area contributed by atoms with E-state index in [1.54, 1.807) is 0 Å². The Labute approximate surface area is 494 Å². The number of carboxylic acids is 1. The third-order valence-corrected chi connectivity index (χ3v) is 15.4. The van der Waals surface area contributed by atoms with Crippen molar-refractivity contribution in [1.29, 1.82) is 0 Å². The van der Waals surface area contributed by atoms with Crippen LogP contribution in [0.4, 0.5) is 0 Å². The molecular weight excluding hydrogens is 1020 g/mol. The summed E-state index contributed by atoms with van der Waals surface area (Å²) in [6, 6.07) is 0. The zero-order valence-corrected chi connectivity index (χ0v) is 52.0. The first-order chi connectivity index (χ1) is 39.6. The van der Waals surface area contributed by atoms with E-state index in [1.807, 2.05) is 0 Å². The number of rotatable bonds is 58. The van der Waals surface area contributed by atoms with E-state index >= 15 is 0 Å². The van der Waals surface area contributed by atoms with Crippen LogP contribution < -0.4 is 0 Å². The number of carbonyl (C=O) groups excluding carboxylic acids is 3. The maximum absolute atomic E-state index is 13.2. The molecule has 12 heteroatoms. The Morgan fingerprint density at radius 2 is 0.778 bits per heavy atom. The summed E-state index contributed by atoms with van der Waals surface area (Å²) >= 11 is 0. The van der Waals surface area contributed by atoms with Gasteiger partial charge in [-0.1, -0.05) is 288 Å². The van der Waals surface area contributed by atoms with Crippen molar-refractivity contribution in [2.24, 2.45) is 0 Å². The average Bonchev–Trinajstić information content (AvgIpc) is 3.53. The summed E-state index contributed by atoms with van der Waals surface area (Å²) < 4.78 is 28.6. The fraction of sp³-hybridized carbons (Fsp3) is 0.826. The van der Waals surface area contributed by atoms with Gasteiger partial charge in [0.05, 0.1) is 6.61 Å². The Bertz CT molecular complexity index is 1590. The second-order valence-corrected chi connectivity index (χ2v) is 23.1. The SMILES string of the molecule is CC/C=C\C/C=C\C/C=C\C/C=C\CCCCCCCCC(=O)OCC(COC1OC(C(=O)O)C(O)C(O)C1OC(=O)CCCCCCCCCCCCCCCCC)OC(=O)CCCCCCCCCCCCCCCCCCC. The Balaban J connectivity index is 2.64. The maximum atomic E-state index is 13.2. The largest absolute Gasteiger partial charge is 0.479 e. The molecule has 0 radical (unpaired) electrons. The van der Waals surface area contributed by atoms with Gasteiger partial charge < -0.3 is 39.0 Å². The van der Waals surface area contributed by atoms with Gasteiger partial charge in [-0.3, -0.25) is 14.4 Å². The molecule has 0 aromatic rings. The molecule has 3 N–H and O–H groups in total. The molecule has 1 rings (SSSR count). The summed E-state index contributed by atoms with van der Waals surface area (Å²) in [5.41, 5.74) is 0. The van der Waals surface area contributed by atoms with Gasteiger partial charge in [-0.2, -0.15) is 0 Å². The van der Waals surface area contributed by atoms with Crippen LogP contribution >= 0.6 is 0 Å². The molecule has 6 atom stereocenters. The Kier molecular flexibility index (Phi) is 53.4. The van der Waals surface area contributed by atoms with Crippen LogP contribution in [0.5, 0.6) is 0 Å². The van der Waals surface area contributed by atoms with E-state index in [0.717, 1.165) is 109 Å². The smallest absolute Gasteiger partial charge is 0.335 e. The number of carbonyl (C=O) groups is 4. The minimum Gasteiger partial charge on any atom is -0.479 e. The lowest BCUT2D eigenvalue weighted by Crippen LogP contribution is -2.61. The molecule has 12 nitrogen and oxygen atoms in total. The fourth-order valence-corrected chi connectivity index (χ4v) is 10.3. The summed E-state index contributed by atoms with van der Waals surface area (Å²) in [6.07, 6.45) is 57.8. The second-order valence-electron chi connectivity index (χ2n) is 23.1. The van der Waals surface area contributed by atoms with Crippen molar-refractivity contribution in [2.75, 3.05) is 13.2 Å². The molecule has 1 heterocycles. The maximum Gasteiger partial charge on any atom is 0.335 e. The van der Waals surface area contributed by atoms with Crippen molar-refractivity contribution in [1.82, 2.24) is 0 Å². The lowest BCUT2D eigenvalue weighted by Gasteiger charge is -2.40. The van der Waals surface area contributed by atoms with Crippen molar-refractivity contribution < 1.29 is 58.2 Å². The van der Waals surface area contributed by atoms with Crippen molar-refractivity contribution in [3.8, 4) is 0 Å². The number of aliphatic hydroxyl groups excluding tert-OH is 2. The summed E-state index contributed by atoms with van der Waals surface area (Å²) in [5, 5.41) is 31.6. The zero-order valence-electron chi connectivity index (χ0n) is 52.0. The van der Waals surface area contributed by atoms with Crippen LogP contribution in [0.25, 0.3) is 0 Å². The highest BCUT2D eigenvalue weighted by Gasteiger charge is 2.50. The number of esters is 3. The van der Waals surface area contributed by atoms with E-state index in [4.69, 9.17) is 23.7 Å². The summed E-state index contributed by atoms with van der Waals surface area (Å²) in [4.78, 5) is 51.4. The number of allylic oxidation sites excluding steroid dienone is 8. The first kappa shape index (κ1) is 75.7. The van der Waals surface area contributed by atoms with Gasteiger partial charge in [-0.25, -0.2) is 4.79 Å². The molecule has 1 aliphatic heterocycles. The van der Waals surface area contributed by atoms with Gasteiger partial charge in [0.15, 0.2) is 24.6 Å². The summed E-state index contributed by atoms with van der Waals surface area (Å²) in [7, 11) is 0. The summed E-state index contributed by atoms with van der Waals surface area (Å²) in [5.74, 6) is -3.10. The monoisotopic (exact) mass is 1140 g/mol. The van der Waals surface area contributed by atoms with Crippen LogP contribution in [0.2, 0.25) is 0 Å². The quantitative estimate of drug-likeness (QED) is 0.0228. The molecule has 0 aliphatic carbocycles. The number of carboxylic acid groups (broad SMARTS) is 1. The summed E-state index contributed by atoms with van der Waals surface area (Å²) in [6.45, 7) is 5.93. The number of unbranched alkanes of at least 4 members (excludes halogenated alkanes) is 36. The van der Waals surface area contributed by atoms with E-state index in [-0.39, 0.29) is 25.9 Å². The normalized spacial score (nSPS) is 18.0. The first-order valence-corrected chi connectivity index (χ1v) is 33.6. The van der Waals surface area contributed by atoms with Crippen molar-refractivity contribution >= 4 is 23.9 Å². The molecule has 81 heavy (non-hydrogen) atoms. The minimum atomic E-state index is -1.90. The Hall–Kier alpha value is -3.32. The van der Waals surface area contributed by atoms with Crippen molar-refractivity contribution in [2.45, 2.75) is 353 Å². The van der Waals surface area contributed by atoms with Gasteiger partial charge in [0, 0.05) is 19.3 Å². The fourth-order valence-electron chi connectivity index (χ4n) is 10.3.